The van der Waals surface area contributed by atoms with E-state index in [1.807, 2.05) is 18.2 Å². The van der Waals surface area contributed by atoms with E-state index in [1.54, 1.807) is 7.11 Å². The normalized spacial score (nSPS) is 16.5. The molecule has 1 aliphatic rings. The topological polar surface area (TPSA) is 58.1 Å². The largest absolute Gasteiger partial charge is 0.496 e. The second kappa shape index (κ2) is 12.7. The fourth-order valence-corrected chi connectivity index (χ4v) is 3.30. The van der Waals surface area contributed by atoms with Gasteiger partial charge in [-0.3, -0.25) is 4.90 Å². The minimum atomic E-state index is 0. The third-order valence-corrected chi connectivity index (χ3v) is 4.83. The molecule has 1 aromatic carbocycles. The van der Waals surface area contributed by atoms with Gasteiger partial charge in [-0.25, -0.2) is 4.99 Å². The standard InChI is InChI=1S/C18H29BrN4O2.HI/c1-4-20-18(21-12-14(2)23-7-9-25-10-8-23)22-13-15-5-6-17(24-3)16(19)11-15;/h5-6,11,14H,4,7-10,12-13H2,1-3H3,(H2,20,21,22);1H. The van der Waals surface area contributed by atoms with Crippen molar-refractivity contribution in [3.8, 4) is 5.75 Å². The van der Waals surface area contributed by atoms with Crippen LogP contribution in [0, 0.1) is 0 Å². The average molecular weight is 541 g/mol. The van der Waals surface area contributed by atoms with Crippen molar-refractivity contribution in [1.29, 1.82) is 0 Å². The first-order valence-corrected chi connectivity index (χ1v) is 9.59. The number of ether oxygens (including phenoxy) is 2. The molecule has 0 radical (unpaired) electrons. The van der Waals surface area contributed by atoms with Gasteiger partial charge in [0.1, 0.15) is 5.75 Å². The van der Waals surface area contributed by atoms with E-state index in [0.717, 1.165) is 61.1 Å². The molecular weight excluding hydrogens is 511 g/mol. The third kappa shape index (κ3) is 7.58. The maximum absolute atomic E-state index is 5.42. The Morgan fingerprint density at radius 1 is 1.35 bits per heavy atom. The van der Waals surface area contributed by atoms with Crippen LogP contribution in [-0.4, -0.2) is 63.4 Å². The molecule has 1 aromatic rings. The van der Waals surface area contributed by atoms with Crippen molar-refractivity contribution in [2.45, 2.75) is 26.4 Å². The summed E-state index contributed by atoms with van der Waals surface area (Å²) in [7, 11) is 1.67. The van der Waals surface area contributed by atoms with Crippen molar-refractivity contribution in [3.05, 3.63) is 28.2 Å². The highest BCUT2D eigenvalue weighted by molar-refractivity contribution is 14.0. The molecule has 2 rings (SSSR count). The zero-order valence-corrected chi connectivity index (χ0v) is 19.7. The molecule has 1 unspecified atom stereocenters. The van der Waals surface area contributed by atoms with E-state index in [4.69, 9.17) is 9.47 Å². The molecule has 0 aliphatic carbocycles. The van der Waals surface area contributed by atoms with Crippen LogP contribution in [0.25, 0.3) is 0 Å². The van der Waals surface area contributed by atoms with Gasteiger partial charge in [0.05, 0.1) is 31.3 Å². The number of halogens is 2. The molecule has 8 heteroatoms. The minimum Gasteiger partial charge on any atom is -0.496 e. The Kier molecular flexibility index (Phi) is 11.5. The molecule has 0 bridgehead atoms. The maximum Gasteiger partial charge on any atom is 0.191 e. The molecule has 0 spiro atoms. The highest BCUT2D eigenvalue weighted by Gasteiger charge is 2.16. The number of morpholine rings is 1. The smallest absolute Gasteiger partial charge is 0.191 e. The molecular formula is C18H30BrIN4O2. The lowest BCUT2D eigenvalue weighted by Gasteiger charge is -2.32. The van der Waals surface area contributed by atoms with Crippen molar-refractivity contribution in [3.63, 3.8) is 0 Å². The Morgan fingerprint density at radius 2 is 2.08 bits per heavy atom. The molecule has 148 valence electrons. The summed E-state index contributed by atoms with van der Waals surface area (Å²) in [5.74, 6) is 1.67. The van der Waals surface area contributed by atoms with E-state index in [0.29, 0.717) is 12.6 Å². The van der Waals surface area contributed by atoms with Crippen LogP contribution in [-0.2, 0) is 11.3 Å². The quantitative estimate of drug-likeness (QED) is 0.316. The SMILES string of the molecule is CCNC(=NCc1ccc(OC)c(Br)c1)NCC(C)N1CCOCC1.I. The first-order valence-electron chi connectivity index (χ1n) is 8.80. The summed E-state index contributed by atoms with van der Waals surface area (Å²) in [6.07, 6.45) is 0. The second-order valence-corrected chi connectivity index (χ2v) is 6.90. The summed E-state index contributed by atoms with van der Waals surface area (Å²) in [6, 6.07) is 6.48. The fourth-order valence-electron chi connectivity index (χ4n) is 2.71. The third-order valence-electron chi connectivity index (χ3n) is 4.21. The molecule has 1 fully saturated rings. The van der Waals surface area contributed by atoms with Gasteiger partial charge < -0.3 is 20.1 Å². The Morgan fingerprint density at radius 3 is 2.69 bits per heavy atom. The van der Waals surface area contributed by atoms with Gasteiger partial charge in [-0.2, -0.15) is 0 Å². The van der Waals surface area contributed by atoms with Crippen molar-refractivity contribution in [1.82, 2.24) is 15.5 Å². The van der Waals surface area contributed by atoms with Crippen LogP contribution in [0.3, 0.4) is 0 Å². The summed E-state index contributed by atoms with van der Waals surface area (Å²) in [4.78, 5) is 7.13. The maximum atomic E-state index is 5.42. The lowest BCUT2D eigenvalue weighted by Crippen LogP contribution is -2.49. The van der Waals surface area contributed by atoms with Crippen LogP contribution in [0.5, 0.6) is 5.75 Å². The van der Waals surface area contributed by atoms with Crippen LogP contribution in [0.15, 0.2) is 27.7 Å². The van der Waals surface area contributed by atoms with Gasteiger partial charge in [0.2, 0.25) is 0 Å². The van der Waals surface area contributed by atoms with Gasteiger partial charge in [-0.15, -0.1) is 24.0 Å². The molecule has 0 amide bonds. The van der Waals surface area contributed by atoms with Crippen molar-refractivity contribution < 1.29 is 9.47 Å². The van der Waals surface area contributed by atoms with E-state index >= 15 is 0 Å². The first kappa shape index (κ1) is 23.5. The van der Waals surface area contributed by atoms with E-state index in [-0.39, 0.29) is 24.0 Å². The summed E-state index contributed by atoms with van der Waals surface area (Å²) in [5.41, 5.74) is 1.13. The van der Waals surface area contributed by atoms with Crippen molar-refractivity contribution in [2.75, 3.05) is 46.5 Å². The second-order valence-electron chi connectivity index (χ2n) is 6.04. The summed E-state index contributed by atoms with van der Waals surface area (Å²) >= 11 is 3.52. The van der Waals surface area contributed by atoms with Crippen LogP contribution in [0.2, 0.25) is 0 Å². The number of nitrogens with one attached hydrogen (secondary N) is 2. The minimum absolute atomic E-state index is 0. The highest BCUT2D eigenvalue weighted by Crippen LogP contribution is 2.25. The Labute approximate surface area is 182 Å². The fraction of sp³-hybridized carbons (Fsp3) is 0.611. The molecule has 1 heterocycles. The number of benzene rings is 1. The molecule has 0 saturated carbocycles. The predicted molar refractivity (Wildman–Crippen MR) is 121 cm³/mol. The van der Waals surface area contributed by atoms with E-state index in [9.17, 15) is 0 Å². The Bertz CT molecular complexity index is 568. The number of guanidine groups is 1. The van der Waals surface area contributed by atoms with Crippen LogP contribution < -0.4 is 15.4 Å². The number of hydrogen-bond acceptors (Lipinski definition) is 4. The van der Waals surface area contributed by atoms with E-state index in [1.165, 1.54) is 0 Å². The zero-order valence-electron chi connectivity index (χ0n) is 15.8. The van der Waals surface area contributed by atoms with Crippen LogP contribution >= 0.6 is 39.9 Å². The number of methoxy groups -OCH3 is 1. The van der Waals surface area contributed by atoms with Gasteiger partial charge in [0.25, 0.3) is 0 Å². The summed E-state index contributed by atoms with van der Waals surface area (Å²) < 4.78 is 11.6. The lowest BCUT2D eigenvalue weighted by atomic mass is 10.2. The highest BCUT2D eigenvalue weighted by atomic mass is 127. The number of rotatable bonds is 7. The molecule has 1 saturated heterocycles. The molecule has 2 N–H and O–H groups in total. The van der Waals surface area contributed by atoms with Crippen LogP contribution in [0.1, 0.15) is 19.4 Å². The lowest BCUT2D eigenvalue weighted by molar-refractivity contribution is 0.0211. The number of aliphatic imine (C=N–C) groups is 1. The number of nitrogens with zero attached hydrogens (tertiary/aromatic N) is 2. The van der Waals surface area contributed by atoms with E-state index < -0.39 is 0 Å². The zero-order chi connectivity index (χ0) is 18.1. The molecule has 1 aliphatic heterocycles. The van der Waals surface area contributed by atoms with Gasteiger partial charge in [-0.05, 0) is 47.5 Å². The monoisotopic (exact) mass is 540 g/mol. The predicted octanol–water partition coefficient (Wildman–Crippen LogP) is 2.85. The van der Waals surface area contributed by atoms with Crippen LogP contribution in [0.4, 0.5) is 0 Å². The number of hydrogen-bond donors (Lipinski definition) is 2. The molecule has 26 heavy (non-hydrogen) atoms. The summed E-state index contributed by atoms with van der Waals surface area (Å²) in [5, 5.41) is 6.75. The first-order chi connectivity index (χ1) is 12.1. The van der Waals surface area contributed by atoms with Crippen molar-refractivity contribution >= 4 is 45.9 Å². The van der Waals surface area contributed by atoms with Gasteiger partial charge >= 0.3 is 0 Å². The Balaban J connectivity index is 0.00000338. The van der Waals surface area contributed by atoms with Gasteiger partial charge in [0.15, 0.2) is 5.96 Å². The van der Waals surface area contributed by atoms with Gasteiger partial charge in [-0.1, -0.05) is 6.07 Å². The van der Waals surface area contributed by atoms with Crippen molar-refractivity contribution in [2.24, 2.45) is 4.99 Å². The average Bonchev–Trinajstić information content (AvgIpc) is 2.64. The van der Waals surface area contributed by atoms with Gasteiger partial charge in [0, 0.05) is 32.2 Å². The molecule has 6 nitrogen and oxygen atoms in total. The molecule has 0 aromatic heterocycles. The molecule has 1 atom stereocenters. The Hall–Kier alpha value is -0.580. The summed E-state index contributed by atoms with van der Waals surface area (Å²) in [6.45, 7) is 10.3. The van der Waals surface area contributed by atoms with E-state index in [2.05, 4.69) is 50.3 Å².